The first kappa shape index (κ1) is 8.96. The molecule has 0 bridgehead atoms. The normalized spacial score (nSPS) is 14.1. The highest BCUT2D eigenvalue weighted by Gasteiger charge is 2.07. The minimum absolute atomic E-state index is 0.903. The maximum atomic E-state index is 2.47. The second-order valence-corrected chi connectivity index (χ2v) is 8.73. The number of rotatable bonds is 2. The van der Waals surface area contributed by atoms with Gasteiger partial charge in [0, 0.05) is 0 Å². The third-order valence-electron chi connectivity index (χ3n) is 1.24. The van der Waals surface area contributed by atoms with Crippen molar-refractivity contribution in [2.45, 2.75) is 39.9 Å². The van der Waals surface area contributed by atoms with E-state index >= 15 is 0 Å². The largest absolute Gasteiger partial charge is 0.0961 e. The summed E-state index contributed by atoms with van der Waals surface area (Å²) in [6.07, 6.45) is 1.21. The van der Waals surface area contributed by atoms with Crippen LogP contribution in [0.5, 0.6) is 0 Å². The quantitative estimate of drug-likeness (QED) is 0.519. The lowest BCUT2D eigenvalue weighted by molar-refractivity contribution is 1.10. The van der Waals surface area contributed by atoms with Crippen LogP contribution in [-0.2, 0) is 0 Å². The number of allylic oxidation sites excluding steroid dienone is 1. The summed E-state index contributed by atoms with van der Waals surface area (Å²) >= 11 is 0. The van der Waals surface area contributed by atoms with Gasteiger partial charge in [-0.1, -0.05) is 37.8 Å². The topological polar surface area (TPSA) is 0 Å². The molecule has 0 saturated carbocycles. The van der Waals surface area contributed by atoms with Gasteiger partial charge < -0.3 is 0 Å². The van der Waals surface area contributed by atoms with E-state index in [1.807, 2.05) is 0 Å². The molecule has 0 saturated heterocycles. The van der Waals surface area contributed by atoms with Crippen molar-refractivity contribution in [1.82, 2.24) is 0 Å². The van der Waals surface area contributed by atoms with E-state index in [0.29, 0.717) is 0 Å². The van der Waals surface area contributed by atoms with E-state index in [9.17, 15) is 0 Å². The van der Waals surface area contributed by atoms with E-state index in [0.717, 1.165) is 0 Å². The molecule has 0 nitrogen and oxygen atoms in total. The van der Waals surface area contributed by atoms with Crippen molar-refractivity contribution in [2.24, 2.45) is 0 Å². The fourth-order valence-corrected chi connectivity index (χ4v) is 2.52. The van der Waals surface area contributed by atoms with Gasteiger partial charge in [-0.2, -0.15) is 0 Å². The first-order valence-corrected chi connectivity index (χ1v) is 7.22. The van der Waals surface area contributed by atoms with Crippen LogP contribution in [0.2, 0.25) is 19.6 Å². The first-order chi connectivity index (χ1) is 3.95. The highest BCUT2D eigenvalue weighted by atomic mass is 28.3. The van der Waals surface area contributed by atoms with E-state index in [1.165, 1.54) is 6.42 Å². The summed E-state index contributed by atoms with van der Waals surface area (Å²) in [5.74, 6) is 0. The Balaban J connectivity index is 3.95. The van der Waals surface area contributed by atoms with Crippen LogP contribution in [0.3, 0.4) is 0 Å². The lowest BCUT2D eigenvalue weighted by atomic mass is 10.3. The molecule has 0 N–H and O–H groups in total. The van der Waals surface area contributed by atoms with Gasteiger partial charge in [-0.05, 0) is 13.3 Å². The van der Waals surface area contributed by atoms with Crippen molar-refractivity contribution in [3.8, 4) is 0 Å². The molecule has 0 rings (SSSR count). The van der Waals surface area contributed by atoms with Gasteiger partial charge in [0.05, 0.1) is 8.07 Å². The Bertz CT molecular complexity index is 106. The molecule has 0 amide bonds. The minimum Gasteiger partial charge on any atom is -0.0961 e. The molecule has 0 aliphatic heterocycles. The lowest BCUT2D eigenvalue weighted by Gasteiger charge is -2.10. The zero-order valence-electron chi connectivity index (χ0n) is 7.28. The third kappa shape index (κ3) is 5.83. The van der Waals surface area contributed by atoms with Gasteiger partial charge in [-0.3, -0.25) is 0 Å². The summed E-state index contributed by atoms with van der Waals surface area (Å²) in [5, 5.41) is 0. The summed E-state index contributed by atoms with van der Waals surface area (Å²) < 4.78 is 0. The van der Waals surface area contributed by atoms with Crippen molar-refractivity contribution in [3.05, 3.63) is 11.3 Å². The van der Waals surface area contributed by atoms with Gasteiger partial charge in [0.2, 0.25) is 0 Å². The highest BCUT2D eigenvalue weighted by Crippen LogP contribution is 2.08. The molecule has 54 valence electrons. The Morgan fingerprint density at radius 1 is 1.33 bits per heavy atom. The van der Waals surface area contributed by atoms with Crippen LogP contribution < -0.4 is 0 Å². The van der Waals surface area contributed by atoms with E-state index in [-0.39, 0.29) is 0 Å². The van der Waals surface area contributed by atoms with Crippen LogP contribution in [0.25, 0.3) is 0 Å². The average molecular weight is 142 g/mol. The molecule has 0 aromatic carbocycles. The molecule has 0 unspecified atom stereocenters. The third-order valence-corrected chi connectivity index (χ3v) is 2.60. The molecule has 1 heteroatoms. The van der Waals surface area contributed by atoms with Crippen molar-refractivity contribution in [3.63, 3.8) is 0 Å². The van der Waals surface area contributed by atoms with Crippen molar-refractivity contribution in [1.29, 1.82) is 0 Å². The van der Waals surface area contributed by atoms with Gasteiger partial charge >= 0.3 is 0 Å². The molecule has 0 atom stereocenters. The highest BCUT2D eigenvalue weighted by molar-refractivity contribution is 6.81. The van der Waals surface area contributed by atoms with Crippen LogP contribution in [0, 0.1) is 0 Å². The van der Waals surface area contributed by atoms with Crippen LogP contribution in [0.4, 0.5) is 0 Å². The fourth-order valence-electron chi connectivity index (χ4n) is 0.841. The molecule has 0 fully saturated rings. The summed E-state index contributed by atoms with van der Waals surface area (Å²) in [7, 11) is -0.903. The average Bonchev–Trinajstić information content (AvgIpc) is 1.62. The Morgan fingerprint density at radius 3 is 1.89 bits per heavy atom. The van der Waals surface area contributed by atoms with Crippen LogP contribution in [-0.4, -0.2) is 8.07 Å². The number of hydrogen-bond acceptors (Lipinski definition) is 0. The molecule has 0 spiro atoms. The standard InChI is InChI=1S/C8H18Si/c1-6-8(2)7-9(3,4)5/h7H,6H2,1-5H3. The van der Waals surface area contributed by atoms with Crippen LogP contribution in [0.15, 0.2) is 11.3 Å². The second kappa shape index (κ2) is 3.21. The SMILES string of the molecule is CCC(C)=C[Si](C)(C)C. The zero-order valence-corrected chi connectivity index (χ0v) is 8.28. The summed E-state index contributed by atoms with van der Waals surface area (Å²) in [6.45, 7) is 11.5. The predicted molar refractivity (Wildman–Crippen MR) is 47.4 cm³/mol. The fraction of sp³-hybridized carbons (Fsp3) is 0.750. The molecular formula is C8H18Si. The summed E-state index contributed by atoms with van der Waals surface area (Å²) in [4.78, 5) is 0. The first-order valence-electron chi connectivity index (χ1n) is 3.64. The van der Waals surface area contributed by atoms with E-state index in [2.05, 4.69) is 39.2 Å². The van der Waals surface area contributed by atoms with Crippen LogP contribution >= 0.6 is 0 Å². The molecule has 0 heterocycles. The Kier molecular flexibility index (Phi) is 3.19. The Hall–Kier alpha value is -0.0431. The Morgan fingerprint density at radius 2 is 1.78 bits per heavy atom. The maximum Gasteiger partial charge on any atom is 0.0686 e. The summed E-state index contributed by atoms with van der Waals surface area (Å²) in [5.41, 5.74) is 4.02. The van der Waals surface area contributed by atoms with Crippen molar-refractivity contribution in [2.75, 3.05) is 0 Å². The summed E-state index contributed by atoms with van der Waals surface area (Å²) in [6, 6.07) is 0. The van der Waals surface area contributed by atoms with Gasteiger partial charge in [-0.15, -0.1) is 0 Å². The molecule has 0 aromatic heterocycles. The lowest BCUT2D eigenvalue weighted by Crippen LogP contribution is -2.16. The Labute approximate surface area is 60.0 Å². The molecule has 0 aliphatic carbocycles. The maximum absolute atomic E-state index is 2.47. The molecule has 0 aromatic rings. The van der Waals surface area contributed by atoms with E-state index in [4.69, 9.17) is 0 Å². The van der Waals surface area contributed by atoms with E-state index in [1.54, 1.807) is 5.57 Å². The molecule has 0 radical (unpaired) electrons. The zero-order chi connectivity index (χ0) is 7.49. The van der Waals surface area contributed by atoms with Gasteiger partial charge in [0.25, 0.3) is 0 Å². The smallest absolute Gasteiger partial charge is 0.0686 e. The van der Waals surface area contributed by atoms with E-state index < -0.39 is 8.07 Å². The van der Waals surface area contributed by atoms with Gasteiger partial charge in [0.1, 0.15) is 0 Å². The van der Waals surface area contributed by atoms with Gasteiger partial charge in [-0.25, -0.2) is 0 Å². The minimum atomic E-state index is -0.903. The molecule has 0 aliphatic rings. The second-order valence-electron chi connectivity index (χ2n) is 3.71. The predicted octanol–water partition coefficient (Wildman–Crippen LogP) is 3.22. The molecule has 9 heavy (non-hydrogen) atoms. The van der Waals surface area contributed by atoms with Crippen LogP contribution in [0.1, 0.15) is 20.3 Å². The number of hydrogen-bond donors (Lipinski definition) is 0. The monoisotopic (exact) mass is 142 g/mol. The van der Waals surface area contributed by atoms with Gasteiger partial charge in [0.15, 0.2) is 0 Å². The molecular weight excluding hydrogens is 124 g/mol. The van der Waals surface area contributed by atoms with Crippen molar-refractivity contribution >= 4 is 8.07 Å². The van der Waals surface area contributed by atoms with Crippen molar-refractivity contribution < 1.29 is 0 Å².